The minimum atomic E-state index is 0.774. The Morgan fingerprint density at radius 1 is 0.783 bits per heavy atom. The third kappa shape index (κ3) is 9.11. The van der Waals surface area contributed by atoms with Gasteiger partial charge in [-0.15, -0.1) is 0 Å². The van der Waals surface area contributed by atoms with Crippen LogP contribution < -0.4 is 16.0 Å². The third-order valence-electron chi connectivity index (χ3n) is 4.67. The maximum Gasteiger partial charge on any atom is 0.251 e. The predicted molar refractivity (Wildman–Crippen MR) is 98.3 cm³/mol. The first-order chi connectivity index (χ1) is 11.3. The molecule has 0 bridgehead atoms. The maximum atomic E-state index is 5.62. The molecule has 0 saturated heterocycles. The second kappa shape index (κ2) is 13.6. The summed E-state index contributed by atoms with van der Waals surface area (Å²) < 4.78 is 2.44. The molecule has 23 heavy (non-hydrogen) atoms. The van der Waals surface area contributed by atoms with Crippen LogP contribution in [-0.4, -0.2) is 18.1 Å². The van der Waals surface area contributed by atoms with Gasteiger partial charge < -0.3 is 11.5 Å². The number of nitrogens with zero attached hydrogens (tertiary/aromatic N) is 1. The van der Waals surface area contributed by atoms with Crippen LogP contribution in [0.15, 0.2) is 6.20 Å². The molecule has 5 N–H and O–H groups in total. The normalized spacial score (nSPS) is 11.3. The number of rotatable bonds is 15. The Labute approximate surface area is 143 Å². The Balaban J connectivity index is 2.01. The van der Waals surface area contributed by atoms with Gasteiger partial charge >= 0.3 is 0 Å². The van der Waals surface area contributed by atoms with Crippen molar-refractivity contribution >= 4 is 0 Å². The fourth-order valence-corrected chi connectivity index (χ4v) is 3.19. The van der Waals surface area contributed by atoms with E-state index in [-0.39, 0.29) is 0 Å². The average Bonchev–Trinajstić information content (AvgIpc) is 2.91. The van der Waals surface area contributed by atoms with Crippen molar-refractivity contribution in [2.24, 2.45) is 11.5 Å². The number of unbranched alkanes of at least 4 members (excludes halogenated alkanes) is 9. The number of aromatic nitrogens is 2. The molecule has 0 amide bonds. The lowest BCUT2D eigenvalue weighted by Gasteiger charge is -2.04. The van der Waals surface area contributed by atoms with Crippen molar-refractivity contribution in [3.8, 4) is 0 Å². The molecule has 0 atom stereocenters. The van der Waals surface area contributed by atoms with Crippen LogP contribution in [0.3, 0.4) is 0 Å². The molecule has 1 aromatic rings. The Bertz CT molecular complexity index is 387. The van der Waals surface area contributed by atoms with Crippen LogP contribution >= 0.6 is 0 Å². The van der Waals surface area contributed by atoms with E-state index in [1.54, 1.807) is 0 Å². The second-order valence-electron chi connectivity index (χ2n) is 6.73. The SMILES string of the molecule is Cc1[nH]cc(CCCN)[n+]1CCCCCCCCCCCCN. The van der Waals surface area contributed by atoms with Crippen LogP contribution in [0.25, 0.3) is 0 Å². The molecule has 4 heteroatoms. The van der Waals surface area contributed by atoms with Gasteiger partial charge in [-0.05, 0) is 38.8 Å². The number of aromatic amines is 1. The summed E-state index contributed by atoms with van der Waals surface area (Å²) in [6, 6.07) is 0. The van der Waals surface area contributed by atoms with E-state index in [0.29, 0.717) is 0 Å². The van der Waals surface area contributed by atoms with E-state index < -0.39 is 0 Å². The molecule has 134 valence electrons. The molecule has 0 aliphatic heterocycles. The summed E-state index contributed by atoms with van der Waals surface area (Å²) in [6.45, 7) is 4.94. The highest BCUT2D eigenvalue weighted by Gasteiger charge is 2.12. The zero-order valence-electron chi connectivity index (χ0n) is 15.3. The monoisotopic (exact) mass is 323 g/mol. The van der Waals surface area contributed by atoms with E-state index in [0.717, 1.165) is 32.5 Å². The Hall–Kier alpha value is -0.870. The molecule has 0 unspecified atom stereocenters. The quantitative estimate of drug-likeness (QED) is 0.342. The maximum absolute atomic E-state index is 5.62. The number of hydrogen-bond acceptors (Lipinski definition) is 2. The standard InChI is InChI=1S/C19H38N4/c1-18-22-17-19(13-12-15-21)23(18)16-11-9-7-5-3-2-4-6-8-10-14-20/h17H,2-16,20-21H2,1H3/p+1. The molecule has 1 heterocycles. The minimum Gasteiger partial charge on any atom is -0.330 e. The largest absolute Gasteiger partial charge is 0.330 e. The van der Waals surface area contributed by atoms with Crippen molar-refractivity contribution in [3.05, 3.63) is 17.7 Å². The lowest BCUT2D eigenvalue weighted by molar-refractivity contribution is -0.708. The van der Waals surface area contributed by atoms with E-state index in [2.05, 4.69) is 22.7 Å². The summed E-state index contributed by atoms with van der Waals surface area (Å²) in [5, 5.41) is 0. The zero-order valence-corrected chi connectivity index (χ0v) is 15.3. The highest BCUT2D eigenvalue weighted by atomic mass is 15.1. The topological polar surface area (TPSA) is 71.7 Å². The van der Waals surface area contributed by atoms with Gasteiger partial charge in [-0.3, -0.25) is 0 Å². The Kier molecular flexibility index (Phi) is 11.9. The molecular formula is C19H39N4+. The first-order valence-electron chi connectivity index (χ1n) is 9.76. The molecule has 0 fully saturated rings. The summed E-state index contributed by atoms with van der Waals surface area (Å²) in [5.74, 6) is 1.27. The van der Waals surface area contributed by atoms with Gasteiger partial charge in [0.25, 0.3) is 5.82 Å². The van der Waals surface area contributed by atoms with E-state index in [9.17, 15) is 0 Å². The van der Waals surface area contributed by atoms with Crippen LogP contribution in [0.4, 0.5) is 0 Å². The lowest BCUT2D eigenvalue weighted by Crippen LogP contribution is -2.39. The van der Waals surface area contributed by atoms with Crippen molar-refractivity contribution < 1.29 is 4.57 Å². The van der Waals surface area contributed by atoms with Crippen LogP contribution in [-0.2, 0) is 13.0 Å². The lowest BCUT2D eigenvalue weighted by atomic mass is 10.1. The molecule has 0 radical (unpaired) electrons. The summed E-state index contributed by atoms with van der Waals surface area (Å²) in [4.78, 5) is 3.35. The molecule has 4 nitrogen and oxygen atoms in total. The van der Waals surface area contributed by atoms with Crippen LogP contribution in [0.2, 0.25) is 0 Å². The van der Waals surface area contributed by atoms with Gasteiger partial charge in [-0.2, -0.15) is 0 Å². The number of nitrogens with one attached hydrogen (secondary N) is 1. The van der Waals surface area contributed by atoms with E-state index in [1.807, 2.05) is 0 Å². The summed E-state index contributed by atoms with van der Waals surface area (Å²) in [5.41, 5.74) is 12.5. The molecule has 0 saturated carbocycles. The van der Waals surface area contributed by atoms with Gasteiger partial charge in [0, 0.05) is 13.3 Å². The van der Waals surface area contributed by atoms with Crippen LogP contribution in [0, 0.1) is 6.92 Å². The van der Waals surface area contributed by atoms with Crippen molar-refractivity contribution in [2.45, 2.75) is 90.5 Å². The van der Waals surface area contributed by atoms with Crippen molar-refractivity contribution in [2.75, 3.05) is 13.1 Å². The first-order valence-corrected chi connectivity index (χ1v) is 9.76. The third-order valence-corrected chi connectivity index (χ3v) is 4.67. The summed E-state index contributed by atoms with van der Waals surface area (Å²) >= 11 is 0. The molecule has 1 rings (SSSR count). The van der Waals surface area contributed by atoms with Gasteiger partial charge in [-0.1, -0.05) is 44.9 Å². The molecule has 0 aliphatic rings. The predicted octanol–water partition coefficient (Wildman–Crippen LogP) is 3.36. The molecule has 1 aromatic heterocycles. The molecular weight excluding hydrogens is 284 g/mol. The minimum absolute atomic E-state index is 0.774. The van der Waals surface area contributed by atoms with Crippen LogP contribution in [0.5, 0.6) is 0 Å². The number of H-pyrrole nitrogens is 1. The molecule has 0 aromatic carbocycles. The zero-order chi connectivity index (χ0) is 16.8. The van der Waals surface area contributed by atoms with Crippen molar-refractivity contribution in [3.63, 3.8) is 0 Å². The molecule has 0 spiro atoms. The van der Waals surface area contributed by atoms with Gasteiger partial charge in [0.2, 0.25) is 0 Å². The van der Waals surface area contributed by atoms with Gasteiger partial charge in [0.15, 0.2) is 0 Å². The number of hydrogen-bond donors (Lipinski definition) is 3. The van der Waals surface area contributed by atoms with Gasteiger partial charge in [0.05, 0.1) is 6.54 Å². The summed E-state index contributed by atoms with van der Waals surface area (Å²) in [7, 11) is 0. The number of nitrogens with two attached hydrogens (primary N) is 2. The summed E-state index contributed by atoms with van der Waals surface area (Å²) in [6.07, 6.45) is 17.8. The first kappa shape index (κ1) is 20.2. The number of aryl methyl sites for hydroxylation is 2. The fourth-order valence-electron chi connectivity index (χ4n) is 3.19. The van der Waals surface area contributed by atoms with Gasteiger partial charge in [-0.25, -0.2) is 9.55 Å². The van der Waals surface area contributed by atoms with E-state index in [1.165, 1.54) is 75.7 Å². The van der Waals surface area contributed by atoms with Crippen molar-refractivity contribution in [1.29, 1.82) is 0 Å². The molecule has 0 aliphatic carbocycles. The number of imidazole rings is 1. The Morgan fingerprint density at radius 3 is 1.87 bits per heavy atom. The highest BCUT2D eigenvalue weighted by Crippen LogP contribution is 2.10. The van der Waals surface area contributed by atoms with Crippen LogP contribution in [0.1, 0.15) is 82.1 Å². The average molecular weight is 324 g/mol. The smallest absolute Gasteiger partial charge is 0.251 e. The van der Waals surface area contributed by atoms with Crippen molar-refractivity contribution in [1.82, 2.24) is 4.98 Å². The fraction of sp³-hybridized carbons (Fsp3) is 0.842. The second-order valence-corrected chi connectivity index (χ2v) is 6.73. The van der Waals surface area contributed by atoms with Gasteiger partial charge in [0.1, 0.15) is 11.9 Å². The highest BCUT2D eigenvalue weighted by molar-refractivity contribution is 4.90. The van der Waals surface area contributed by atoms with E-state index in [4.69, 9.17) is 11.5 Å². The Morgan fingerprint density at radius 2 is 1.30 bits per heavy atom. The van der Waals surface area contributed by atoms with E-state index >= 15 is 0 Å².